The Kier molecular flexibility index (Phi) is 3.45. The van der Waals surface area contributed by atoms with Gasteiger partial charge in [-0.2, -0.15) is 0 Å². The number of rotatable bonds is 4. The Morgan fingerprint density at radius 1 is 1.60 bits per heavy atom. The van der Waals surface area contributed by atoms with Gasteiger partial charge in [-0.25, -0.2) is 10.3 Å². The fraction of sp³-hybridized carbons (Fsp3) is 0.571. The number of amides is 1. The smallest absolute Gasteiger partial charge is 0.331 e. The Morgan fingerprint density at radius 3 is 2.73 bits per heavy atom. The molecule has 0 saturated carbocycles. The van der Waals surface area contributed by atoms with Crippen molar-refractivity contribution in [1.82, 2.24) is 15.8 Å². The van der Waals surface area contributed by atoms with Gasteiger partial charge in [-0.3, -0.25) is 4.79 Å². The molecule has 0 saturated heterocycles. The van der Waals surface area contributed by atoms with Crippen molar-refractivity contribution < 1.29 is 14.4 Å². The maximum atomic E-state index is 10.8. The Labute approximate surface area is 86.5 Å². The molecule has 0 aliphatic carbocycles. The molecule has 15 heavy (non-hydrogen) atoms. The topological polar surface area (TPSA) is 100 Å². The zero-order valence-electron chi connectivity index (χ0n) is 8.56. The van der Waals surface area contributed by atoms with Crippen molar-refractivity contribution in [3.8, 4) is 0 Å². The monoisotopic (exact) mass is 215 g/mol. The first-order valence-corrected chi connectivity index (χ1v) is 4.41. The lowest BCUT2D eigenvalue weighted by Crippen LogP contribution is -2.46. The number of hydrogen-bond acceptors (Lipinski definition) is 7. The minimum absolute atomic E-state index is 0.100. The Hall–Kier alpha value is -1.83. The first-order chi connectivity index (χ1) is 7.04. The second kappa shape index (κ2) is 4.60. The summed E-state index contributed by atoms with van der Waals surface area (Å²) in [5, 5.41) is 6.35. The predicted molar refractivity (Wildman–Crippen MR) is 50.4 cm³/mol. The number of nitrogens with one attached hydrogen (secondary N) is 1. The predicted octanol–water partition coefficient (Wildman–Crippen LogP) is -1.29. The van der Waals surface area contributed by atoms with E-state index in [4.69, 9.17) is 10.6 Å². The van der Waals surface area contributed by atoms with Crippen LogP contribution in [0.25, 0.3) is 0 Å². The maximum absolute atomic E-state index is 10.8. The summed E-state index contributed by atoms with van der Waals surface area (Å²) in [5.41, 5.74) is 7.60. The van der Waals surface area contributed by atoms with E-state index in [1.54, 1.807) is 0 Å². The van der Waals surface area contributed by atoms with Crippen molar-refractivity contribution in [2.24, 2.45) is 10.8 Å². The fourth-order valence-electron chi connectivity index (χ4n) is 1.02. The molecule has 0 aromatic heterocycles. The highest BCUT2D eigenvalue weighted by Crippen LogP contribution is 2.08. The number of hydroxylamine groups is 1. The first-order valence-electron chi connectivity index (χ1n) is 4.41. The molecule has 0 aromatic rings. The molecular formula is C7H13N5O3. The summed E-state index contributed by atoms with van der Waals surface area (Å²) in [5.74, 6) is -0.806. The third-order valence-electron chi connectivity index (χ3n) is 1.58. The van der Waals surface area contributed by atoms with Gasteiger partial charge in [0.1, 0.15) is 0 Å². The lowest BCUT2D eigenvalue weighted by atomic mass is 10.4. The third-order valence-corrected chi connectivity index (χ3v) is 1.58. The van der Waals surface area contributed by atoms with Crippen LogP contribution in [-0.2, 0) is 14.4 Å². The normalized spacial score (nSPS) is 15.9. The molecule has 1 amide bonds. The van der Waals surface area contributed by atoms with Gasteiger partial charge in [0.25, 0.3) is 0 Å². The molecule has 0 radical (unpaired) electrons. The van der Waals surface area contributed by atoms with E-state index < -0.39 is 11.9 Å². The molecule has 84 valence electrons. The number of hydrazone groups is 1. The average molecular weight is 215 g/mol. The van der Waals surface area contributed by atoms with Gasteiger partial charge in [0.2, 0.25) is 5.91 Å². The highest BCUT2D eigenvalue weighted by Gasteiger charge is 2.28. The molecule has 0 bridgehead atoms. The largest absolute Gasteiger partial charge is 0.369 e. The molecule has 0 aromatic carbocycles. The Bertz CT molecular complexity index is 303. The molecule has 0 unspecified atom stereocenters. The SMILES string of the molecule is CCN1NN=C(CC(N)=O)N1OC(C)=O. The van der Waals surface area contributed by atoms with E-state index in [1.807, 2.05) is 6.92 Å². The van der Waals surface area contributed by atoms with E-state index in [1.165, 1.54) is 12.0 Å². The molecule has 1 aliphatic heterocycles. The van der Waals surface area contributed by atoms with Crippen molar-refractivity contribution in [3.05, 3.63) is 0 Å². The summed E-state index contributed by atoms with van der Waals surface area (Å²) in [4.78, 5) is 26.4. The van der Waals surface area contributed by atoms with Crippen molar-refractivity contribution in [2.45, 2.75) is 20.3 Å². The first kappa shape index (κ1) is 11.2. The number of carbonyl (C=O) groups is 2. The summed E-state index contributed by atoms with van der Waals surface area (Å²) in [6.07, 6.45) is -0.100. The molecule has 3 N–H and O–H groups in total. The van der Waals surface area contributed by atoms with Gasteiger partial charge >= 0.3 is 5.97 Å². The van der Waals surface area contributed by atoms with Crippen molar-refractivity contribution in [2.75, 3.05) is 6.54 Å². The van der Waals surface area contributed by atoms with Crippen molar-refractivity contribution >= 4 is 17.7 Å². The Morgan fingerprint density at radius 2 is 2.27 bits per heavy atom. The lowest BCUT2D eigenvalue weighted by Gasteiger charge is -2.24. The minimum Gasteiger partial charge on any atom is -0.369 e. The second-order valence-corrected chi connectivity index (χ2v) is 2.84. The summed E-state index contributed by atoms with van der Waals surface area (Å²) in [7, 11) is 0. The van der Waals surface area contributed by atoms with Crippen LogP contribution in [-0.4, -0.2) is 34.5 Å². The van der Waals surface area contributed by atoms with Crippen LogP contribution in [0.4, 0.5) is 0 Å². The van der Waals surface area contributed by atoms with Gasteiger partial charge in [0, 0.05) is 13.5 Å². The number of carbonyl (C=O) groups excluding carboxylic acids is 2. The average Bonchev–Trinajstić information content (AvgIpc) is 2.47. The lowest BCUT2D eigenvalue weighted by molar-refractivity contribution is -0.229. The zero-order chi connectivity index (χ0) is 11.4. The number of nitrogens with zero attached hydrogens (tertiary/aromatic N) is 3. The quantitative estimate of drug-likeness (QED) is 0.605. The van der Waals surface area contributed by atoms with Crippen LogP contribution in [0.15, 0.2) is 5.10 Å². The number of amidine groups is 1. The van der Waals surface area contributed by atoms with Gasteiger partial charge in [-0.05, 0) is 6.92 Å². The van der Waals surface area contributed by atoms with Crippen LogP contribution in [0.2, 0.25) is 0 Å². The third kappa shape index (κ3) is 2.81. The Balaban J connectivity index is 2.69. The second-order valence-electron chi connectivity index (χ2n) is 2.84. The molecular weight excluding hydrogens is 202 g/mol. The van der Waals surface area contributed by atoms with E-state index in [0.717, 1.165) is 5.17 Å². The van der Waals surface area contributed by atoms with E-state index in [0.29, 0.717) is 6.54 Å². The molecule has 8 nitrogen and oxygen atoms in total. The van der Waals surface area contributed by atoms with Crippen LogP contribution in [0.3, 0.4) is 0 Å². The van der Waals surface area contributed by atoms with Crippen LogP contribution in [0, 0.1) is 0 Å². The van der Waals surface area contributed by atoms with Crippen LogP contribution in [0.1, 0.15) is 20.3 Å². The number of nitrogens with two attached hydrogens (primary N) is 1. The molecule has 0 spiro atoms. The van der Waals surface area contributed by atoms with Crippen LogP contribution in [0.5, 0.6) is 0 Å². The van der Waals surface area contributed by atoms with Crippen LogP contribution < -0.4 is 11.3 Å². The van der Waals surface area contributed by atoms with Gasteiger partial charge in [-0.15, -0.1) is 5.10 Å². The number of primary amides is 1. The van der Waals surface area contributed by atoms with Crippen molar-refractivity contribution in [1.29, 1.82) is 0 Å². The van der Waals surface area contributed by atoms with Crippen molar-refractivity contribution in [3.63, 3.8) is 0 Å². The number of hydrazine groups is 2. The van der Waals surface area contributed by atoms with E-state index in [-0.39, 0.29) is 12.3 Å². The van der Waals surface area contributed by atoms with E-state index in [2.05, 4.69) is 10.6 Å². The summed E-state index contributed by atoms with van der Waals surface area (Å²) >= 11 is 0. The molecule has 1 heterocycles. The summed E-state index contributed by atoms with van der Waals surface area (Å²) < 4.78 is 0. The summed E-state index contributed by atoms with van der Waals surface area (Å²) in [6.45, 7) is 3.60. The maximum Gasteiger partial charge on any atom is 0.331 e. The zero-order valence-corrected chi connectivity index (χ0v) is 8.56. The minimum atomic E-state index is -0.550. The van der Waals surface area contributed by atoms with Gasteiger partial charge in [-0.1, -0.05) is 10.3 Å². The standard InChI is InChI=1S/C7H13N5O3/c1-3-11-10-9-7(4-6(8)14)12(11)15-5(2)13/h10H,3-4H2,1-2H3,(H2,8,14). The highest BCUT2D eigenvalue weighted by atomic mass is 16.8. The number of hydrogen-bond donors (Lipinski definition) is 2. The molecule has 8 heteroatoms. The van der Waals surface area contributed by atoms with Gasteiger partial charge in [0.15, 0.2) is 5.84 Å². The molecule has 1 aliphatic rings. The van der Waals surface area contributed by atoms with E-state index in [9.17, 15) is 9.59 Å². The molecule has 0 atom stereocenters. The molecule has 0 fully saturated rings. The summed E-state index contributed by atoms with van der Waals surface area (Å²) in [6, 6.07) is 0. The molecule has 1 rings (SSSR count). The van der Waals surface area contributed by atoms with Gasteiger partial charge in [0.05, 0.1) is 6.42 Å². The van der Waals surface area contributed by atoms with Crippen LogP contribution >= 0.6 is 0 Å². The fourth-order valence-corrected chi connectivity index (χ4v) is 1.02. The van der Waals surface area contributed by atoms with Gasteiger partial charge < -0.3 is 10.6 Å². The highest BCUT2D eigenvalue weighted by molar-refractivity contribution is 5.99. The van der Waals surface area contributed by atoms with E-state index >= 15 is 0 Å².